The van der Waals surface area contributed by atoms with Gasteiger partial charge in [-0.05, 0) is 69.2 Å². The lowest BCUT2D eigenvalue weighted by molar-refractivity contribution is 0.670. The summed E-state index contributed by atoms with van der Waals surface area (Å²) in [6, 6.07) is 67.9. The summed E-state index contributed by atoms with van der Waals surface area (Å²) in [5.74, 6) is 0. The van der Waals surface area contributed by atoms with Crippen LogP contribution in [-0.4, -0.2) is 0 Å². The van der Waals surface area contributed by atoms with E-state index < -0.39 is 0 Å². The van der Waals surface area contributed by atoms with E-state index in [1.165, 1.54) is 58.5 Å². The Balaban J connectivity index is 1.11. The van der Waals surface area contributed by atoms with Gasteiger partial charge in [0.2, 0.25) is 0 Å². The summed E-state index contributed by atoms with van der Waals surface area (Å²) in [5, 5.41) is 9.65. The van der Waals surface area contributed by atoms with Crippen molar-refractivity contribution in [3.05, 3.63) is 188 Å². The molecule has 9 aromatic carbocycles. The number of hydrogen-bond donors (Lipinski definition) is 0. The molecule has 0 N–H and O–H groups in total. The van der Waals surface area contributed by atoms with Gasteiger partial charge < -0.3 is 9.32 Å². The van der Waals surface area contributed by atoms with Gasteiger partial charge >= 0.3 is 0 Å². The molecule has 0 spiro atoms. The molecule has 2 nitrogen and oxygen atoms in total. The molecule has 0 fully saturated rings. The van der Waals surface area contributed by atoms with E-state index in [2.05, 4.69) is 181 Å². The third kappa shape index (κ3) is 4.78. The Morgan fingerprint density at radius 2 is 1.02 bits per heavy atom. The van der Waals surface area contributed by atoms with Crippen LogP contribution in [0.3, 0.4) is 0 Å². The van der Waals surface area contributed by atoms with Crippen LogP contribution >= 0.6 is 11.3 Å². The number of rotatable bonds is 5. The number of fused-ring (bicyclic) bond motifs is 8. The van der Waals surface area contributed by atoms with Crippen molar-refractivity contribution in [2.45, 2.75) is 0 Å². The zero-order valence-electron chi connectivity index (χ0n) is 28.7. The van der Waals surface area contributed by atoms with E-state index in [1.807, 2.05) is 23.5 Å². The Labute approximate surface area is 310 Å². The summed E-state index contributed by atoms with van der Waals surface area (Å²) in [6.07, 6.45) is 0. The fraction of sp³-hybridized carbons (Fsp3) is 0. The van der Waals surface area contributed by atoms with Crippen LogP contribution in [0.15, 0.2) is 192 Å². The molecule has 0 atom stereocenters. The van der Waals surface area contributed by atoms with Crippen molar-refractivity contribution in [1.82, 2.24) is 0 Å². The van der Waals surface area contributed by atoms with Crippen molar-refractivity contribution >= 4 is 92.1 Å². The van der Waals surface area contributed by atoms with Gasteiger partial charge in [0.1, 0.15) is 11.2 Å². The first-order chi connectivity index (χ1) is 26.3. The number of furan rings is 1. The van der Waals surface area contributed by atoms with E-state index in [0.29, 0.717) is 0 Å². The zero-order valence-corrected chi connectivity index (χ0v) is 29.5. The fourth-order valence-electron chi connectivity index (χ4n) is 8.15. The van der Waals surface area contributed by atoms with Crippen LogP contribution in [0.2, 0.25) is 0 Å². The summed E-state index contributed by atoms with van der Waals surface area (Å²) in [5.41, 5.74) is 10.1. The highest BCUT2D eigenvalue weighted by atomic mass is 32.1. The molecule has 248 valence electrons. The van der Waals surface area contributed by atoms with Crippen LogP contribution in [0.25, 0.3) is 85.9 Å². The molecule has 0 radical (unpaired) electrons. The molecule has 0 aliphatic carbocycles. The molecule has 3 heteroatoms. The molecule has 0 bridgehead atoms. The van der Waals surface area contributed by atoms with Gasteiger partial charge in [0, 0.05) is 42.9 Å². The summed E-state index contributed by atoms with van der Waals surface area (Å²) in [4.78, 5) is 2.46. The van der Waals surface area contributed by atoms with Crippen molar-refractivity contribution in [3.8, 4) is 22.3 Å². The first-order valence-electron chi connectivity index (χ1n) is 18.0. The van der Waals surface area contributed by atoms with E-state index >= 15 is 0 Å². The van der Waals surface area contributed by atoms with E-state index in [9.17, 15) is 0 Å². The van der Waals surface area contributed by atoms with Crippen molar-refractivity contribution in [1.29, 1.82) is 0 Å². The predicted molar refractivity (Wildman–Crippen MR) is 227 cm³/mol. The summed E-state index contributed by atoms with van der Waals surface area (Å²) in [7, 11) is 0. The van der Waals surface area contributed by atoms with Crippen molar-refractivity contribution in [3.63, 3.8) is 0 Å². The number of thiophene rings is 1. The number of hydrogen-bond acceptors (Lipinski definition) is 3. The van der Waals surface area contributed by atoms with Gasteiger partial charge in [-0.15, -0.1) is 11.3 Å². The summed E-state index contributed by atoms with van der Waals surface area (Å²) >= 11 is 1.89. The maximum absolute atomic E-state index is 6.42. The monoisotopic (exact) mass is 693 g/mol. The van der Waals surface area contributed by atoms with Crippen LogP contribution in [0.5, 0.6) is 0 Å². The Morgan fingerprint density at radius 1 is 0.377 bits per heavy atom. The lowest BCUT2D eigenvalue weighted by Gasteiger charge is -2.27. The quantitative estimate of drug-likeness (QED) is 0.178. The minimum absolute atomic E-state index is 0.916. The van der Waals surface area contributed by atoms with E-state index in [1.54, 1.807) is 0 Å². The Hall–Kier alpha value is -6.68. The SMILES string of the molecule is c1ccc(-c2cccc3c2sc2c(N(c4ccc5cc(-c6cccc7c6oc6ccccc67)ccc5c4)c4cccc5ccccc45)cccc23)cc1. The lowest BCUT2D eigenvalue weighted by Crippen LogP contribution is -2.10. The zero-order chi connectivity index (χ0) is 34.9. The molecule has 0 aliphatic heterocycles. The Bertz CT molecular complexity index is 3180. The third-order valence-electron chi connectivity index (χ3n) is 10.6. The fourth-order valence-corrected chi connectivity index (χ4v) is 9.49. The van der Waals surface area contributed by atoms with Crippen LogP contribution < -0.4 is 4.90 Å². The number of nitrogens with zero attached hydrogens (tertiary/aromatic N) is 1. The predicted octanol–water partition coefficient (Wildman–Crippen LogP) is 15.1. The Kier molecular flexibility index (Phi) is 6.76. The Morgan fingerprint density at radius 3 is 1.92 bits per heavy atom. The third-order valence-corrected chi connectivity index (χ3v) is 11.9. The van der Waals surface area contributed by atoms with E-state index in [4.69, 9.17) is 4.42 Å². The highest BCUT2D eigenvalue weighted by molar-refractivity contribution is 7.27. The van der Waals surface area contributed by atoms with Gasteiger partial charge in [-0.2, -0.15) is 0 Å². The molecule has 11 rings (SSSR count). The minimum Gasteiger partial charge on any atom is -0.455 e. The van der Waals surface area contributed by atoms with Gasteiger partial charge in [-0.25, -0.2) is 0 Å². The smallest absolute Gasteiger partial charge is 0.143 e. The average molecular weight is 694 g/mol. The topological polar surface area (TPSA) is 16.4 Å². The maximum Gasteiger partial charge on any atom is 0.143 e. The number of benzene rings is 9. The summed E-state index contributed by atoms with van der Waals surface area (Å²) < 4.78 is 9.00. The molecular formula is C50H31NOS. The van der Waals surface area contributed by atoms with E-state index in [0.717, 1.165) is 44.4 Å². The van der Waals surface area contributed by atoms with Crippen LogP contribution in [-0.2, 0) is 0 Å². The number of anilines is 3. The average Bonchev–Trinajstić information content (AvgIpc) is 3.80. The summed E-state index contributed by atoms with van der Waals surface area (Å²) in [6.45, 7) is 0. The minimum atomic E-state index is 0.916. The second-order valence-corrected chi connectivity index (χ2v) is 14.7. The van der Waals surface area contributed by atoms with Gasteiger partial charge in [0.15, 0.2) is 0 Å². The van der Waals surface area contributed by atoms with Gasteiger partial charge in [0.05, 0.1) is 16.1 Å². The molecule has 0 amide bonds. The molecule has 2 aromatic heterocycles. The van der Waals surface area contributed by atoms with Crippen LogP contribution in [0.4, 0.5) is 17.1 Å². The van der Waals surface area contributed by atoms with Gasteiger partial charge in [0.25, 0.3) is 0 Å². The highest BCUT2D eigenvalue weighted by Gasteiger charge is 2.21. The molecule has 0 saturated heterocycles. The van der Waals surface area contributed by atoms with Crippen LogP contribution in [0, 0.1) is 0 Å². The molecule has 11 aromatic rings. The van der Waals surface area contributed by atoms with Crippen molar-refractivity contribution in [2.24, 2.45) is 0 Å². The van der Waals surface area contributed by atoms with Crippen LogP contribution in [0.1, 0.15) is 0 Å². The maximum atomic E-state index is 6.42. The standard InChI is InChI=1S/C50H31NOS/c1-2-12-33(13-3-1)40-19-10-21-43-44-22-11-24-46(50(44)53-49(40)43)51(45-23-8-15-32-14-4-5-16-38(32)45)37-29-28-34-30-36(27-26-35(34)31-37)39-18-9-20-42-41-17-6-7-25-47(41)52-48(39)42/h1-31H. The first-order valence-corrected chi connectivity index (χ1v) is 18.8. The number of para-hydroxylation sites is 2. The molecule has 0 unspecified atom stereocenters. The largest absolute Gasteiger partial charge is 0.455 e. The molecular weight excluding hydrogens is 663 g/mol. The molecule has 53 heavy (non-hydrogen) atoms. The second kappa shape index (κ2) is 11.9. The lowest BCUT2D eigenvalue weighted by atomic mass is 9.98. The highest BCUT2D eigenvalue weighted by Crippen LogP contribution is 2.48. The molecule has 0 aliphatic rings. The van der Waals surface area contributed by atoms with Gasteiger partial charge in [-0.3, -0.25) is 0 Å². The molecule has 0 saturated carbocycles. The van der Waals surface area contributed by atoms with Gasteiger partial charge in [-0.1, -0.05) is 152 Å². The van der Waals surface area contributed by atoms with Crippen molar-refractivity contribution < 1.29 is 4.42 Å². The van der Waals surface area contributed by atoms with Crippen molar-refractivity contribution in [2.75, 3.05) is 4.90 Å². The first kappa shape index (κ1) is 30.0. The molecule has 2 heterocycles. The normalized spacial score (nSPS) is 11.8. The van der Waals surface area contributed by atoms with E-state index in [-0.39, 0.29) is 0 Å². The second-order valence-electron chi connectivity index (χ2n) is 13.7.